The number of hydrogen-bond acceptors (Lipinski definition) is 4. The average Bonchev–Trinajstić information content (AvgIpc) is 2.95. The summed E-state index contributed by atoms with van der Waals surface area (Å²) in [7, 11) is 3.70. The molecule has 20 heavy (non-hydrogen) atoms. The summed E-state index contributed by atoms with van der Waals surface area (Å²) in [5, 5.41) is 4.23. The Bertz CT molecular complexity index is 722. The Kier molecular flexibility index (Phi) is 3.25. The first-order chi connectivity index (χ1) is 9.78. The van der Waals surface area contributed by atoms with Crippen LogP contribution in [0, 0.1) is 0 Å². The van der Waals surface area contributed by atoms with Crippen LogP contribution in [0.1, 0.15) is 5.56 Å². The third-order valence-corrected chi connectivity index (χ3v) is 3.22. The number of ether oxygens (including phenoxy) is 1. The number of nitrogens with zero attached hydrogens (tertiary/aromatic N) is 4. The van der Waals surface area contributed by atoms with Crippen molar-refractivity contribution in [2.24, 2.45) is 0 Å². The van der Waals surface area contributed by atoms with E-state index in [1.165, 1.54) is 5.56 Å². The van der Waals surface area contributed by atoms with Crippen molar-refractivity contribution in [3.8, 4) is 5.75 Å². The molecule has 2 heterocycles. The van der Waals surface area contributed by atoms with Gasteiger partial charge in [-0.15, -0.1) is 0 Å². The summed E-state index contributed by atoms with van der Waals surface area (Å²) in [6.45, 7) is 0.759. The Morgan fingerprint density at radius 1 is 1.25 bits per heavy atom. The van der Waals surface area contributed by atoms with Crippen LogP contribution in [0.15, 0.2) is 48.9 Å². The molecule has 0 radical (unpaired) electrons. The molecular formula is C15H16N4O. The van der Waals surface area contributed by atoms with Gasteiger partial charge in [0.2, 0.25) is 0 Å². The highest BCUT2D eigenvalue weighted by atomic mass is 16.5. The first kappa shape index (κ1) is 12.5. The van der Waals surface area contributed by atoms with Gasteiger partial charge >= 0.3 is 0 Å². The average molecular weight is 268 g/mol. The second-order valence-corrected chi connectivity index (χ2v) is 4.62. The van der Waals surface area contributed by atoms with Crippen LogP contribution in [0.25, 0.3) is 5.52 Å². The zero-order chi connectivity index (χ0) is 13.9. The minimum Gasteiger partial charge on any atom is -0.497 e. The van der Waals surface area contributed by atoms with Gasteiger partial charge in [0.15, 0.2) is 5.82 Å². The number of hydrogen-bond donors (Lipinski definition) is 0. The van der Waals surface area contributed by atoms with Crippen molar-refractivity contribution in [1.29, 1.82) is 0 Å². The van der Waals surface area contributed by atoms with Crippen molar-refractivity contribution in [3.63, 3.8) is 0 Å². The van der Waals surface area contributed by atoms with Gasteiger partial charge in [0, 0.05) is 26.0 Å². The van der Waals surface area contributed by atoms with Gasteiger partial charge in [-0.05, 0) is 23.8 Å². The van der Waals surface area contributed by atoms with E-state index in [4.69, 9.17) is 4.74 Å². The number of methoxy groups -OCH3 is 1. The molecule has 0 N–H and O–H groups in total. The van der Waals surface area contributed by atoms with Gasteiger partial charge in [0.05, 0.1) is 13.3 Å². The lowest BCUT2D eigenvalue weighted by molar-refractivity contribution is 0.414. The molecule has 0 atom stereocenters. The van der Waals surface area contributed by atoms with Crippen molar-refractivity contribution < 1.29 is 4.74 Å². The number of anilines is 1. The lowest BCUT2D eigenvalue weighted by Crippen LogP contribution is -2.18. The topological polar surface area (TPSA) is 42.7 Å². The fourth-order valence-electron chi connectivity index (χ4n) is 2.26. The Balaban J connectivity index is 1.88. The lowest BCUT2D eigenvalue weighted by atomic mass is 10.2. The van der Waals surface area contributed by atoms with E-state index in [9.17, 15) is 0 Å². The highest BCUT2D eigenvalue weighted by Gasteiger charge is 2.09. The molecule has 5 nitrogen and oxygen atoms in total. The smallest absolute Gasteiger partial charge is 0.154 e. The molecule has 0 aliphatic carbocycles. The van der Waals surface area contributed by atoms with Crippen LogP contribution in [0.3, 0.4) is 0 Å². The number of benzene rings is 1. The van der Waals surface area contributed by atoms with Crippen LogP contribution in [0.4, 0.5) is 5.82 Å². The molecule has 0 aliphatic rings. The van der Waals surface area contributed by atoms with Gasteiger partial charge in [-0.25, -0.2) is 9.50 Å². The minimum atomic E-state index is 0.759. The molecular weight excluding hydrogens is 252 g/mol. The summed E-state index contributed by atoms with van der Waals surface area (Å²) >= 11 is 0. The summed E-state index contributed by atoms with van der Waals surface area (Å²) in [5.74, 6) is 1.78. The van der Waals surface area contributed by atoms with E-state index >= 15 is 0 Å². The zero-order valence-electron chi connectivity index (χ0n) is 11.5. The Labute approximate surface area is 117 Å². The molecule has 0 aliphatic heterocycles. The first-order valence-corrected chi connectivity index (χ1v) is 6.40. The third-order valence-electron chi connectivity index (χ3n) is 3.22. The van der Waals surface area contributed by atoms with E-state index in [1.54, 1.807) is 19.5 Å². The highest BCUT2D eigenvalue weighted by Crippen LogP contribution is 2.20. The van der Waals surface area contributed by atoms with Crippen LogP contribution in [0.5, 0.6) is 5.75 Å². The third kappa shape index (κ3) is 2.30. The molecule has 0 unspecified atom stereocenters. The number of fused-ring (bicyclic) bond motifs is 1. The van der Waals surface area contributed by atoms with Gasteiger partial charge in [-0.3, -0.25) is 0 Å². The molecule has 0 saturated heterocycles. The zero-order valence-corrected chi connectivity index (χ0v) is 11.5. The van der Waals surface area contributed by atoms with Crippen LogP contribution >= 0.6 is 0 Å². The summed E-state index contributed by atoms with van der Waals surface area (Å²) in [6.07, 6.45) is 5.38. The second-order valence-electron chi connectivity index (χ2n) is 4.62. The summed E-state index contributed by atoms with van der Waals surface area (Å²) < 4.78 is 7.08. The van der Waals surface area contributed by atoms with Crippen molar-refractivity contribution in [2.75, 3.05) is 19.1 Å². The molecule has 2 aromatic heterocycles. The van der Waals surface area contributed by atoms with Crippen molar-refractivity contribution in [2.45, 2.75) is 6.54 Å². The molecule has 102 valence electrons. The predicted molar refractivity (Wildman–Crippen MR) is 78.1 cm³/mol. The van der Waals surface area contributed by atoms with Crippen LogP contribution in [-0.4, -0.2) is 28.8 Å². The molecule has 3 rings (SSSR count). The van der Waals surface area contributed by atoms with Gasteiger partial charge < -0.3 is 9.64 Å². The lowest BCUT2D eigenvalue weighted by Gasteiger charge is -2.19. The van der Waals surface area contributed by atoms with Gasteiger partial charge in [-0.2, -0.15) is 5.10 Å². The molecule has 0 fully saturated rings. The van der Waals surface area contributed by atoms with Gasteiger partial charge in [-0.1, -0.05) is 12.1 Å². The van der Waals surface area contributed by atoms with Gasteiger partial charge in [0.1, 0.15) is 11.3 Å². The summed E-state index contributed by atoms with van der Waals surface area (Å²) in [4.78, 5) is 6.55. The largest absolute Gasteiger partial charge is 0.497 e. The summed E-state index contributed by atoms with van der Waals surface area (Å²) in [6, 6.07) is 10.0. The van der Waals surface area contributed by atoms with E-state index in [-0.39, 0.29) is 0 Å². The number of rotatable bonds is 4. The van der Waals surface area contributed by atoms with Crippen molar-refractivity contribution in [1.82, 2.24) is 14.6 Å². The SMILES string of the molecule is COc1cccc(CN(C)c2nccn3nccc23)c1. The minimum absolute atomic E-state index is 0.759. The molecule has 3 aromatic rings. The standard InChI is InChI=1S/C15H16N4O/c1-18(11-12-4-3-5-13(10-12)20-2)15-14-6-7-17-19(14)9-8-16-15/h3-10H,11H2,1-2H3. The predicted octanol–water partition coefficient (Wildman–Crippen LogP) is 2.37. The second kappa shape index (κ2) is 5.21. The fourth-order valence-corrected chi connectivity index (χ4v) is 2.26. The maximum atomic E-state index is 5.25. The Hall–Kier alpha value is -2.56. The molecule has 5 heteroatoms. The maximum absolute atomic E-state index is 5.25. The molecule has 0 saturated carbocycles. The van der Waals surface area contributed by atoms with Crippen molar-refractivity contribution in [3.05, 3.63) is 54.5 Å². The van der Waals surface area contributed by atoms with Gasteiger partial charge in [0.25, 0.3) is 0 Å². The monoisotopic (exact) mass is 268 g/mol. The van der Waals surface area contributed by atoms with Crippen LogP contribution in [-0.2, 0) is 6.54 Å². The summed E-state index contributed by atoms with van der Waals surface area (Å²) in [5.41, 5.74) is 2.17. The van der Waals surface area contributed by atoms with E-state index in [1.807, 2.05) is 42.0 Å². The maximum Gasteiger partial charge on any atom is 0.154 e. The molecule has 0 spiro atoms. The number of aromatic nitrogens is 3. The highest BCUT2D eigenvalue weighted by molar-refractivity contribution is 5.67. The Morgan fingerprint density at radius 2 is 2.15 bits per heavy atom. The van der Waals surface area contributed by atoms with E-state index in [0.717, 1.165) is 23.6 Å². The Morgan fingerprint density at radius 3 is 3.00 bits per heavy atom. The first-order valence-electron chi connectivity index (χ1n) is 6.40. The quantitative estimate of drug-likeness (QED) is 0.728. The van der Waals surface area contributed by atoms with E-state index in [2.05, 4.69) is 21.0 Å². The molecule has 0 bridgehead atoms. The fraction of sp³-hybridized carbons (Fsp3) is 0.200. The molecule has 1 aromatic carbocycles. The van der Waals surface area contributed by atoms with E-state index < -0.39 is 0 Å². The van der Waals surface area contributed by atoms with Crippen LogP contribution in [0.2, 0.25) is 0 Å². The molecule has 0 amide bonds. The van der Waals surface area contributed by atoms with Crippen molar-refractivity contribution >= 4 is 11.3 Å². The van der Waals surface area contributed by atoms with Crippen LogP contribution < -0.4 is 9.64 Å². The normalized spacial score (nSPS) is 10.7. The van der Waals surface area contributed by atoms with E-state index in [0.29, 0.717) is 0 Å².